The molecular weight excluding hydrogens is 186 g/mol. The van der Waals surface area contributed by atoms with Crippen LogP contribution >= 0.6 is 0 Å². The molecule has 1 rings (SSSR count). The van der Waals surface area contributed by atoms with Crippen molar-refractivity contribution in [1.29, 1.82) is 0 Å². The first-order chi connectivity index (χ1) is 7.15. The minimum absolute atomic E-state index is 0.736. The lowest BCUT2D eigenvalue weighted by molar-refractivity contribution is 0.874. The predicted octanol–water partition coefficient (Wildman–Crippen LogP) is 1.82. The average molecular weight is 207 g/mol. The maximum absolute atomic E-state index is 5.45. The van der Waals surface area contributed by atoms with E-state index in [1.807, 2.05) is 0 Å². The van der Waals surface area contributed by atoms with Gasteiger partial charge in [0.15, 0.2) is 0 Å². The molecule has 15 heavy (non-hydrogen) atoms. The first-order valence-electron chi connectivity index (χ1n) is 5.37. The Morgan fingerprint density at radius 3 is 2.67 bits per heavy atom. The average Bonchev–Trinajstić information content (AvgIpc) is 2.20. The van der Waals surface area contributed by atoms with Crippen molar-refractivity contribution < 1.29 is 0 Å². The molecule has 3 nitrogen and oxygen atoms in total. The molecule has 0 saturated heterocycles. The van der Waals surface area contributed by atoms with E-state index in [1.54, 1.807) is 0 Å². The maximum Gasteiger partial charge on any atom is 0.0411 e. The first-order valence-corrected chi connectivity index (χ1v) is 5.37. The molecule has 0 heterocycles. The molecule has 3 heteroatoms. The van der Waals surface area contributed by atoms with Gasteiger partial charge in [0, 0.05) is 32.0 Å². The zero-order valence-corrected chi connectivity index (χ0v) is 9.88. The molecule has 0 amide bonds. The van der Waals surface area contributed by atoms with Crippen molar-refractivity contribution in [1.82, 2.24) is 0 Å². The lowest BCUT2D eigenvalue weighted by Gasteiger charge is -2.17. The predicted molar refractivity (Wildman–Crippen MR) is 67.7 cm³/mol. The Kier molecular flexibility index (Phi) is 4.43. The Morgan fingerprint density at radius 1 is 1.33 bits per heavy atom. The van der Waals surface area contributed by atoms with E-state index < -0.39 is 0 Å². The van der Waals surface area contributed by atoms with Crippen molar-refractivity contribution in [2.45, 2.75) is 13.3 Å². The van der Waals surface area contributed by atoms with Crippen LogP contribution in [-0.4, -0.2) is 27.2 Å². The van der Waals surface area contributed by atoms with Gasteiger partial charge in [0.2, 0.25) is 0 Å². The summed E-state index contributed by atoms with van der Waals surface area (Å²) in [4.78, 5) is 2.13. The molecule has 0 atom stereocenters. The number of nitrogens with one attached hydrogen (secondary N) is 1. The van der Waals surface area contributed by atoms with E-state index in [9.17, 15) is 0 Å². The third kappa shape index (κ3) is 3.44. The highest BCUT2D eigenvalue weighted by atomic mass is 15.1. The molecule has 0 aliphatic rings. The fourth-order valence-electron chi connectivity index (χ4n) is 1.54. The molecular formula is C12H21N3. The van der Waals surface area contributed by atoms with Crippen molar-refractivity contribution in [2.24, 2.45) is 5.73 Å². The van der Waals surface area contributed by atoms with Crippen molar-refractivity contribution >= 4 is 11.4 Å². The van der Waals surface area contributed by atoms with Crippen LogP contribution in [0.2, 0.25) is 0 Å². The topological polar surface area (TPSA) is 41.3 Å². The molecule has 0 unspecified atom stereocenters. The quantitative estimate of drug-likeness (QED) is 0.724. The van der Waals surface area contributed by atoms with E-state index in [0.717, 1.165) is 25.2 Å². The fourth-order valence-corrected chi connectivity index (χ4v) is 1.54. The molecule has 0 saturated carbocycles. The van der Waals surface area contributed by atoms with Gasteiger partial charge < -0.3 is 16.0 Å². The van der Waals surface area contributed by atoms with Gasteiger partial charge in [-0.05, 0) is 37.6 Å². The van der Waals surface area contributed by atoms with E-state index >= 15 is 0 Å². The normalized spacial score (nSPS) is 10.1. The molecule has 0 aliphatic carbocycles. The summed E-state index contributed by atoms with van der Waals surface area (Å²) >= 11 is 0. The van der Waals surface area contributed by atoms with Crippen LogP contribution in [0, 0.1) is 6.92 Å². The van der Waals surface area contributed by atoms with Gasteiger partial charge in [0.25, 0.3) is 0 Å². The van der Waals surface area contributed by atoms with Crippen LogP contribution in [0.3, 0.4) is 0 Å². The van der Waals surface area contributed by atoms with Gasteiger partial charge >= 0.3 is 0 Å². The van der Waals surface area contributed by atoms with E-state index in [0.29, 0.717) is 0 Å². The van der Waals surface area contributed by atoms with E-state index in [1.165, 1.54) is 11.3 Å². The van der Waals surface area contributed by atoms with Gasteiger partial charge in [-0.1, -0.05) is 6.07 Å². The monoisotopic (exact) mass is 207 g/mol. The molecule has 0 bridgehead atoms. The summed E-state index contributed by atoms with van der Waals surface area (Å²) in [6.07, 6.45) is 1.01. The number of benzene rings is 1. The summed E-state index contributed by atoms with van der Waals surface area (Å²) in [6.45, 7) is 3.80. The van der Waals surface area contributed by atoms with Crippen LogP contribution in [0.25, 0.3) is 0 Å². The fraction of sp³-hybridized carbons (Fsp3) is 0.500. The second-order valence-corrected chi connectivity index (χ2v) is 3.96. The highest BCUT2D eigenvalue weighted by Crippen LogP contribution is 2.22. The number of nitrogens with zero attached hydrogens (tertiary/aromatic N) is 1. The van der Waals surface area contributed by atoms with Gasteiger partial charge in [-0.15, -0.1) is 0 Å². The highest BCUT2D eigenvalue weighted by Gasteiger charge is 2.01. The van der Waals surface area contributed by atoms with Gasteiger partial charge in [-0.3, -0.25) is 0 Å². The summed E-state index contributed by atoms with van der Waals surface area (Å²) in [5, 5.41) is 3.36. The summed E-state index contributed by atoms with van der Waals surface area (Å²) in [6, 6.07) is 6.42. The number of hydrogen-bond donors (Lipinski definition) is 2. The third-order valence-electron chi connectivity index (χ3n) is 2.40. The number of anilines is 2. The SMILES string of the molecule is Cc1ccc(NCCCN)cc1N(C)C. The number of rotatable bonds is 5. The number of hydrogen-bond acceptors (Lipinski definition) is 3. The molecule has 0 radical (unpaired) electrons. The van der Waals surface area contributed by atoms with Gasteiger partial charge in [0.1, 0.15) is 0 Å². The zero-order valence-electron chi connectivity index (χ0n) is 9.88. The second kappa shape index (κ2) is 5.61. The molecule has 1 aromatic rings. The Labute approximate surface area is 92.3 Å². The molecule has 0 fully saturated rings. The van der Waals surface area contributed by atoms with E-state index in [4.69, 9.17) is 5.73 Å². The van der Waals surface area contributed by atoms with Crippen molar-refractivity contribution in [2.75, 3.05) is 37.4 Å². The van der Waals surface area contributed by atoms with Crippen molar-refractivity contribution in [3.63, 3.8) is 0 Å². The molecule has 0 aromatic heterocycles. The lowest BCUT2D eigenvalue weighted by Crippen LogP contribution is -2.12. The lowest BCUT2D eigenvalue weighted by atomic mass is 10.1. The van der Waals surface area contributed by atoms with Crippen LogP contribution in [0.1, 0.15) is 12.0 Å². The molecule has 3 N–H and O–H groups in total. The van der Waals surface area contributed by atoms with E-state index in [-0.39, 0.29) is 0 Å². The minimum atomic E-state index is 0.736. The van der Waals surface area contributed by atoms with Gasteiger partial charge in [-0.25, -0.2) is 0 Å². The van der Waals surface area contributed by atoms with Crippen molar-refractivity contribution in [3.05, 3.63) is 23.8 Å². The smallest absolute Gasteiger partial charge is 0.0411 e. The van der Waals surface area contributed by atoms with Crippen LogP contribution in [0.5, 0.6) is 0 Å². The molecule has 84 valence electrons. The molecule has 1 aromatic carbocycles. The summed E-state index contributed by atoms with van der Waals surface area (Å²) < 4.78 is 0. The Morgan fingerprint density at radius 2 is 2.07 bits per heavy atom. The van der Waals surface area contributed by atoms with Crippen molar-refractivity contribution in [3.8, 4) is 0 Å². The largest absolute Gasteiger partial charge is 0.385 e. The Hall–Kier alpha value is -1.22. The minimum Gasteiger partial charge on any atom is -0.385 e. The van der Waals surface area contributed by atoms with Crippen LogP contribution < -0.4 is 16.0 Å². The third-order valence-corrected chi connectivity index (χ3v) is 2.40. The standard InChI is InChI=1S/C12H21N3/c1-10-5-6-11(14-8-4-7-13)9-12(10)15(2)3/h5-6,9,14H,4,7-8,13H2,1-3H3. The maximum atomic E-state index is 5.45. The van der Waals surface area contributed by atoms with E-state index in [2.05, 4.69) is 49.4 Å². The van der Waals surface area contributed by atoms with Gasteiger partial charge in [-0.2, -0.15) is 0 Å². The summed E-state index contributed by atoms with van der Waals surface area (Å²) in [5.74, 6) is 0. The summed E-state index contributed by atoms with van der Waals surface area (Å²) in [7, 11) is 4.12. The van der Waals surface area contributed by atoms with Gasteiger partial charge in [0.05, 0.1) is 0 Å². The molecule has 0 spiro atoms. The molecule has 0 aliphatic heterocycles. The first kappa shape index (κ1) is 11.9. The Balaban J connectivity index is 2.70. The van der Waals surface area contributed by atoms with Crippen LogP contribution in [-0.2, 0) is 0 Å². The number of nitrogens with two attached hydrogens (primary N) is 1. The van der Waals surface area contributed by atoms with Crippen LogP contribution in [0.15, 0.2) is 18.2 Å². The zero-order chi connectivity index (χ0) is 11.3. The highest BCUT2D eigenvalue weighted by molar-refractivity contribution is 5.61. The second-order valence-electron chi connectivity index (χ2n) is 3.96. The van der Waals surface area contributed by atoms with Crippen LogP contribution in [0.4, 0.5) is 11.4 Å². The number of aryl methyl sites for hydroxylation is 1. The summed E-state index contributed by atoms with van der Waals surface area (Å²) in [5.41, 5.74) is 9.16. The Bertz CT molecular complexity index is 308.